The molecule has 1 saturated heterocycles. The van der Waals surface area contributed by atoms with Crippen molar-refractivity contribution in [1.29, 1.82) is 0 Å². The number of nitrogens with one attached hydrogen (secondary N) is 3. The second-order valence-corrected chi connectivity index (χ2v) is 10.1. The monoisotopic (exact) mass is 479 g/mol. The highest BCUT2D eigenvalue weighted by Crippen LogP contribution is 2.42. The van der Waals surface area contributed by atoms with E-state index in [0.29, 0.717) is 24.3 Å². The quantitative estimate of drug-likeness (QED) is 0.419. The van der Waals surface area contributed by atoms with Crippen molar-refractivity contribution in [3.05, 3.63) is 30.1 Å². The number of nitrogens with zero attached hydrogens (tertiary/aromatic N) is 4. The Kier molecular flexibility index (Phi) is 7.61. The van der Waals surface area contributed by atoms with Crippen LogP contribution < -0.4 is 20.7 Å². The summed E-state index contributed by atoms with van der Waals surface area (Å²) >= 11 is 0. The molecule has 3 heterocycles. The van der Waals surface area contributed by atoms with Gasteiger partial charge in [-0.25, -0.2) is 9.97 Å². The minimum atomic E-state index is 0.208. The van der Waals surface area contributed by atoms with E-state index in [-0.39, 0.29) is 17.9 Å². The predicted molar refractivity (Wildman–Crippen MR) is 136 cm³/mol. The first-order valence-corrected chi connectivity index (χ1v) is 13.1. The maximum atomic E-state index is 12.0. The number of carbonyl (C=O) groups excluding carboxylic acids is 1. The number of ether oxygens (including phenoxy) is 1. The van der Waals surface area contributed by atoms with Crippen LogP contribution in [0.3, 0.4) is 0 Å². The first-order valence-electron chi connectivity index (χ1n) is 13.1. The van der Waals surface area contributed by atoms with Crippen LogP contribution in [0.4, 0.5) is 17.5 Å². The Balaban J connectivity index is 1.12. The molecule has 0 radical (unpaired) electrons. The first kappa shape index (κ1) is 23.8. The van der Waals surface area contributed by atoms with Gasteiger partial charge in [-0.2, -0.15) is 4.98 Å². The van der Waals surface area contributed by atoms with Crippen LogP contribution in [0.2, 0.25) is 0 Å². The number of piperidine rings is 1. The molecular formula is C26H37N7O2. The van der Waals surface area contributed by atoms with Crippen LogP contribution in [0.1, 0.15) is 62.8 Å². The van der Waals surface area contributed by atoms with E-state index >= 15 is 0 Å². The molecule has 3 fully saturated rings. The Hall–Kier alpha value is -2.94. The fourth-order valence-corrected chi connectivity index (χ4v) is 4.53. The Morgan fingerprint density at radius 3 is 2.57 bits per heavy atom. The lowest BCUT2D eigenvalue weighted by Crippen LogP contribution is -2.35. The zero-order chi connectivity index (χ0) is 24.0. The van der Waals surface area contributed by atoms with E-state index in [0.717, 1.165) is 63.2 Å². The summed E-state index contributed by atoms with van der Waals surface area (Å²) in [6.45, 7) is 3.56. The van der Waals surface area contributed by atoms with E-state index in [1.165, 1.54) is 24.8 Å². The summed E-state index contributed by atoms with van der Waals surface area (Å²) < 4.78 is 6.05. The summed E-state index contributed by atoms with van der Waals surface area (Å²) in [6, 6.07) is 3.85. The molecule has 0 spiro atoms. The lowest BCUT2D eigenvalue weighted by molar-refractivity contribution is -0.127. The third-order valence-electron chi connectivity index (χ3n) is 7.20. The summed E-state index contributed by atoms with van der Waals surface area (Å²) in [5.41, 5.74) is 2.00. The van der Waals surface area contributed by atoms with E-state index in [9.17, 15) is 4.79 Å². The zero-order valence-corrected chi connectivity index (χ0v) is 20.6. The van der Waals surface area contributed by atoms with Gasteiger partial charge in [0, 0.05) is 49.9 Å². The highest BCUT2D eigenvalue weighted by atomic mass is 16.5. The van der Waals surface area contributed by atoms with Gasteiger partial charge in [0.15, 0.2) is 0 Å². The number of anilines is 3. The van der Waals surface area contributed by atoms with Gasteiger partial charge in [-0.05, 0) is 64.0 Å². The minimum Gasteiger partial charge on any atom is -0.474 e. The van der Waals surface area contributed by atoms with E-state index in [1.54, 1.807) is 6.20 Å². The van der Waals surface area contributed by atoms with Crippen molar-refractivity contribution in [2.24, 2.45) is 5.92 Å². The van der Waals surface area contributed by atoms with Gasteiger partial charge in [0.1, 0.15) is 11.9 Å². The summed E-state index contributed by atoms with van der Waals surface area (Å²) in [4.78, 5) is 28.1. The number of amides is 1. The van der Waals surface area contributed by atoms with Gasteiger partial charge >= 0.3 is 0 Å². The van der Waals surface area contributed by atoms with Gasteiger partial charge in [-0.15, -0.1) is 0 Å². The lowest BCUT2D eigenvalue weighted by atomic mass is 9.85. The van der Waals surface area contributed by atoms with Crippen molar-refractivity contribution in [2.75, 3.05) is 43.9 Å². The Labute approximate surface area is 207 Å². The molecule has 3 aliphatic rings. The molecule has 2 aromatic rings. The summed E-state index contributed by atoms with van der Waals surface area (Å²) in [5.74, 6) is 3.07. The van der Waals surface area contributed by atoms with Crippen LogP contribution in [0, 0.1) is 5.92 Å². The number of rotatable bonds is 11. The Morgan fingerprint density at radius 2 is 1.89 bits per heavy atom. The molecule has 0 unspecified atom stereocenters. The average Bonchev–Trinajstić information content (AvgIpc) is 3.66. The van der Waals surface area contributed by atoms with E-state index in [4.69, 9.17) is 9.72 Å². The SMILES string of the molecule is CN1CCC(Oc2ccc(Nc3ncc(C4CC4)c(NCCCNC(=O)C4CCC4)n3)cn2)CC1. The first-order chi connectivity index (χ1) is 17.1. The molecule has 9 heteroatoms. The molecule has 9 nitrogen and oxygen atoms in total. The normalized spacial score (nSPS) is 19.1. The molecular weight excluding hydrogens is 442 g/mol. The van der Waals surface area contributed by atoms with Crippen molar-refractivity contribution in [3.63, 3.8) is 0 Å². The van der Waals surface area contributed by atoms with Crippen LogP contribution in [0.5, 0.6) is 5.88 Å². The maximum absolute atomic E-state index is 12.0. The van der Waals surface area contributed by atoms with Crippen LogP contribution in [-0.2, 0) is 4.79 Å². The number of pyridine rings is 1. The van der Waals surface area contributed by atoms with Gasteiger partial charge in [0.05, 0.1) is 11.9 Å². The average molecular weight is 480 g/mol. The van der Waals surface area contributed by atoms with Gasteiger partial charge in [-0.1, -0.05) is 6.42 Å². The van der Waals surface area contributed by atoms with Crippen LogP contribution >= 0.6 is 0 Å². The minimum absolute atomic E-state index is 0.208. The molecule has 2 aliphatic carbocycles. The predicted octanol–water partition coefficient (Wildman–Crippen LogP) is 3.68. The summed E-state index contributed by atoms with van der Waals surface area (Å²) in [5, 5.41) is 9.79. The van der Waals surface area contributed by atoms with Crippen LogP contribution in [0.15, 0.2) is 24.5 Å². The molecule has 2 saturated carbocycles. The van der Waals surface area contributed by atoms with Crippen molar-refractivity contribution in [3.8, 4) is 5.88 Å². The number of likely N-dealkylation sites (tertiary alicyclic amines) is 1. The molecule has 2 aromatic heterocycles. The number of carbonyl (C=O) groups is 1. The van der Waals surface area contributed by atoms with Crippen molar-refractivity contribution < 1.29 is 9.53 Å². The van der Waals surface area contributed by atoms with Crippen molar-refractivity contribution in [1.82, 2.24) is 25.2 Å². The standard InChI is InChI=1S/C26H37N7O2/c1-33-14-10-21(11-15-33)35-23-9-8-20(16-29-23)31-26-30-17-22(18-6-7-18)24(32-26)27-12-3-13-28-25(34)19-4-2-5-19/h8-9,16-19,21H,2-7,10-15H2,1H3,(H,28,34)(H2,27,30,31,32). The number of hydrogen-bond donors (Lipinski definition) is 3. The van der Waals surface area contributed by atoms with E-state index < -0.39 is 0 Å². The topological polar surface area (TPSA) is 104 Å². The van der Waals surface area contributed by atoms with Gasteiger partial charge in [-0.3, -0.25) is 4.79 Å². The molecule has 0 aromatic carbocycles. The third kappa shape index (κ3) is 6.60. The van der Waals surface area contributed by atoms with Gasteiger partial charge in [0.2, 0.25) is 17.7 Å². The second-order valence-electron chi connectivity index (χ2n) is 10.1. The zero-order valence-electron chi connectivity index (χ0n) is 20.6. The highest BCUT2D eigenvalue weighted by Gasteiger charge is 2.28. The van der Waals surface area contributed by atoms with Crippen LogP contribution in [-0.4, -0.2) is 65.1 Å². The van der Waals surface area contributed by atoms with Crippen molar-refractivity contribution >= 4 is 23.4 Å². The van der Waals surface area contributed by atoms with Gasteiger partial charge < -0.3 is 25.6 Å². The van der Waals surface area contributed by atoms with Gasteiger partial charge in [0.25, 0.3) is 0 Å². The van der Waals surface area contributed by atoms with Crippen molar-refractivity contribution in [2.45, 2.75) is 63.4 Å². The molecule has 5 rings (SSSR count). The second kappa shape index (κ2) is 11.2. The summed E-state index contributed by atoms with van der Waals surface area (Å²) in [7, 11) is 2.14. The van der Waals surface area contributed by atoms with E-state index in [1.807, 2.05) is 18.3 Å². The molecule has 3 N–H and O–H groups in total. The summed E-state index contributed by atoms with van der Waals surface area (Å²) in [6.07, 6.45) is 12.5. The lowest BCUT2D eigenvalue weighted by Gasteiger charge is -2.28. The molecule has 1 aliphatic heterocycles. The number of aromatic nitrogens is 3. The fraction of sp³-hybridized carbons (Fsp3) is 0.615. The molecule has 1 amide bonds. The Morgan fingerprint density at radius 1 is 1.06 bits per heavy atom. The third-order valence-corrected chi connectivity index (χ3v) is 7.20. The maximum Gasteiger partial charge on any atom is 0.229 e. The smallest absolute Gasteiger partial charge is 0.229 e. The fourth-order valence-electron chi connectivity index (χ4n) is 4.53. The molecule has 35 heavy (non-hydrogen) atoms. The van der Waals surface area contributed by atoms with E-state index in [2.05, 4.69) is 37.9 Å². The molecule has 0 bridgehead atoms. The highest BCUT2D eigenvalue weighted by molar-refractivity contribution is 5.79. The molecule has 188 valence electrons. The number of hydrogen-bond acceptors (Lipinski definition) is 8. The largest absolute Gasteiger partial charge is 0.474 e. The Bertz CT molecular complexity index is 984. The molecule has 0 atom stereocenters. The van der Waals surface area contributed by atoms with Crippen LogP contribution in [0.25, 0.3) is 0 Å².